The van der Waals surface area contributed by atoms with E-state index in [-0.39, 0.29) is 0 Å². The maximum atomic E-state index is 4.05. The molecule has 0 aliphatic carbocycles. The number of pyridine rings is 1. The van der Waals surface area contributed by atoms with Crippen molar-refractivity contribution in [2.24, 2.45) is 0 Å². The maximum Gasteiger partial charge on any atom is 0.0273 e. The summed E-state index contributed by atoms with van der Waals surface area (Å²) in [6.45, 7) is 4.20. The quantitative estimate of drug-likeness (QED) is 0.711. The van der Waals surface area contributed by atoms with E-state index in [1.807, 2.05) is 24.5 Å². The van der Waals surface area contributed by atoms with Crippen molar-refractivity contribution in [1.29, 1.82) is 0 Å². The maximum absolute atomic E-state index is 4.05. The summed E-state index contributed by atoms with van der Waals surface area (Å²) in [6, 6.07) is 10.8. The van der Waals surface area contributed by atoms with Gasteiger partial charge in [-0.1, -0.05) is 35.9 Å². The van der Waals surface area contributed by atoms with Crippen LogP contribution >= 0.6 is 0 Å². The lowest BCUT2D eigenvalue weighted by molar-refractivity contribution is 1.24. The highest BCUT2D eigenvalue weighted by atomic mass is 14.6. The van der Waals surface area contributed by atoms with Crippen LogP contribution in [0.3, 0.4) is 0 Å². The second-order valence-corrected chi connectivity index (χ2v) is 4.22. The van der Waals surface area contributed by atoms with E-state index in [1.54, 1.807) is 0 Å². The predicted octanol–water partition coefficient (Wildman–Crippen LogP) is 4.18. The molecular weight excluding hydrogens is 206 g/mol. The van der Waals surface area contributed by atoms with E-state index < -0.39 is 0 Å². The van der Waals surface area contributed by atoms with Gasteiger partial charge in [0.15, 0.2) is 0 Å². The monoisotopic (exact) mass is 223 g/mol. The van der Waals surface area contributed by atoms with Gasteiger partial charge in [-0.15, -0.1) is 0 Å². The molecule has 0 spiro atoms. The molecule has 2 aromatic rings. The van der Waals surface area contributed by atoms with E-state index in [9.17, 15) is 0 Å². The van der Waals surface area contributed by atoms with Crippen LogP contribution in [-0.4, -0.2) is 4.98 Å². The Morgan fingerprint density at radius 3 is 2.53 bits per heavy atom. The van der Waals surface area contributed by atoms with E-state index >= 15 is 0 Å². The third-order valence-electron chi connectivity index (χ3n) is 2.74. The Kier molecular flexibility index (Phi) is 3.71. The summed E-state index contributed by atoms with van der Waals surface area (Å²) in [5, 5.41) is 0. The first kappa shape index (κ1) is 11.6. The molecule has 0 fully saturated rings. The molecule has 1 aromatic heterocycles. The zero-order valence-electron chi connectivity index (χ0n) is 10.4. The molecule has 0 aliphatic heterocycles. The molecule has 0 radical (unpaired) electrons. The normalized spacial score (nSPS) is 10.9. The van der Waals surface area contributed by atoms with Gasteiger partial charge in [0.1, 0.15) is 0 Å². The minimum absolute atomic E-state index is 0.996. The highest BCUT2D eigenvalue weighted by Gasteiger charge is 2.00. The molecule has 2 rings (SSSR count). The Bertz CT molecular complexity index is 512. The Balaban J connectivity index is 2.38. The van der Waals surface area contributed by atoms with Gasteiger partial charge in [-0.25, -0.2) is 0 Å². The number of benzene rings is 1. The molecule has 0 atom stereocenters. The van der Waals surface area contributed by atoms with Gasteiger partial charge in [0.25, 0.3) is 0 Å². The largest absolute Gasteiger partial charge is 0.265 e. The SMILES string of the molecule is C/C=C\Cc1cc(C)cc(-c2ccncc2)c1. The average molecular weight is 223 g/mol. The fourth-order valence-electron chi connectivity index (χ4n) is 1.95. The molecule has 1 heterocycles. The summed E-state index contributed by atoms with van der Waals surface area (Å²) in [5.74, 6) is 0. The van der Waals surface area contributed by atoms with Crippen molar-refractivity contribution < 1.29 is 0 Å². The predicted molar refractivity (Wildman–Crippen MR) is 72.9 cm³/mol. The summed E-state index contributed by atoms with van der Waals surface area (Å²) < 4.78 is 0. The van der Waals surface area contributed by atoms with Gasteiger partial charge < -0.3 is 0 Å². The molecule has 0 amide bonds. The van der Waals surface area contributed by atoms with Gasteiger partial charge in [-0.2, -0.15) is 0 Å². The van der Waals surface area contributed by atoms with Crippen LogP contribution in [0, 0.1) is 6.92 Å². The van der Waals surface area contributed by atoms with Crippen molar-refractivity contribution in [3.63, 3.8) is 0 Å². The molecule has 0 bridgehead atoms. The van der Waals surface area contributed by atoms with Crippen molar-refractivity contribution in [1.82, 2.24) is 4.98 Å². The average Bonchev–Trinajstić information content (AvgIpc) is 2.37. The van der Waals surface area contributed by atoms with E-state index in [1.165, 1.54) is 22.3 Å². The Morgan fingerprint density at radius 2 is 1.82 bits per heavy atom. The van der Waals surface area contributed by atoms with Gasteiger partial charge >= 0.3 is 0 Å². The summed E-state index contributed by atoms with van der Waals surface area (Å²) in [6.07, 6.45) is 8.95. The lowest BCUT2D eigenvalue weighted by atomic mass is 9.99. The van der Waals surface area contributed by atoms with Gasteiger partial charge in [0, 0.05) is 12.4 Å². The number of hydrogen-bond donors (Lipinski definition) is 0. The fraction of sp³-hybridized carbons (Fsp3) is 0.188. The first-order valence-corrected chi connectivity index (χ1v) is 5.91. The smallest absolute Gasteiger partial charge is 0.0273 e. The molecule has 1 heteroatoms. The van der Waals surface area contributed by atoms with Crippen molar-refractivity contribution in [3.05, 3.63) is 66.0 Å². The van der Waals surface area contributed by atoms with Crippen LogP contribution in [-0.2, 0) is 6.42 Å². The molecule has 0 N–H and O–H groups in total. The van der Waals surface area contributed by atoms with Crippen LogP contribution in [0.25, 0.3) is 11.1 Å². The second-order valence-electron chi connectivity index (χ2n) is 4.22. The molecule has 0 saturated heterocycles. The molecule has 0 saturated carbocycles. The fourth-order valence-corrected chi connectivity index (χ4v) is 1.95. The van der Waals surface area contributed by atoms with Crippen LogP contribution < -0.4 is 0 Å². The van der Waals surface area contributed by atoms with Crippen LogP contribution in [0.5, 0.6) is 0 Å². The Morgan fingerprint density at radius 1 is 1.06 bits per heavy atom. The Hall–Kier alpha value is -1.89. The number of hydrogen-bond acceptors (Lipinski definition) is 1. The lowest BCUT2D eigenvalue weighted by Gasteiger charge is -2.06. The van der Waals surface area contributed by atoms with E-state index in [2.05, 4.69) is 49.2 Å². The molecule has 1 nitrogen and oxygen atoms in total. The number of allylic oxidation sites excluding steroid dienone is 2. The second kappa shape index (κ2) is 5.44. The summed E-state index contributed by atoms with van der Waals surface area (Å²) in [7, 11) is 0. The summed E-state index contributed by atoms with van der Waals surface area (Å²) >= 11 is 0. The number of nitrogens with zero attached hydrogens (tertiary/aromatic N) is 1. The first-order chi connectivity index (χ1) is 8.29. The summed E-state index contributed by atoms with van der Waals surface area (Å²) in [5.41, 5.74) is 5.16. The van der Waals surface area contributed by atoms with E-state index in [0.717, 1.165) is 6.42 Å². The zero-order valence-corrected chi connectivity index (χ0v) is 10.4. The number of aryl methyl sites for hydroxylation is 1. The standard InChI is InChI=1S/C16H17N/c1-3-4-5-14-10-13(2)11-16(12-14)15-6-8-17-9-7-15/h3-4,6-12H,5H2,1-2H3/b4-3-. The van der Waals surface area contributed by atoms with Crippen molar-refractivity contribution in [2.45, 2.75) is 20.3 Å². The van der Waals surface area contributed by atoms with Crippen LogP contribution in [0.4, 0.5) is 0 Å². The minimum Gasteiger partial charge on any atom is -0.265 e. The minimum atomic E-state index is 0.996. The van der Waals surface area contributed by atoms with Gasteiger partial charge in [-0.3, -0.25) is 4.98 Å². The number of aromatic nitrogens is 1. The number of rotatable bonds is 3. The third-order valence-corrected chi connectivity index (χ3v) is 2.74. The highest BCUT2D eigenvalue weighted by molar-refractivity contribution is 5.64. The molecular formula is C16H17N. The van der Waals surface area contributed by atoms with Crippen LogP contribution in [0.15, 0.2) is 54.9 Å². The van der Waals surface area contributed by atoms with Gasteiger partial charge in [0.05, 0.1) is 0 Å². The van der Waals surface area contributed by atoms with Crippen molar-refractivity contribution >= 4 is 0 Å². The molecule has 0 aliphatic rings. The third kappa shape index (κ3) is 3.04. The first-order valence-electron chi connectivity index (χ1n) is 5.91. The lowest BCUT2D eigenvalue weighted by Crippen LogP contribution is -1.87. The zero-order chi connectivity index (χ0) is 12.1. The van der Waals surface area contributed by atoms with E-state index in [0.29, 0.717) is 0 Å². The summed E-state index contributed by atoms with van der Waals surface area (Å²) in [4.78, 5) is 4.05. The topological polar surface area (TPSA) is 12.9 Å². The molecule has 1 aromatic carbocycles. The highest BCUT2D eigenvalue weighted by Crippen LogP contribution is 2.22. The van der Waals surface area contributed by atoms with Crippen LogP contribution in [0.2, 0.25) is 0 Å². The molecule has 86 valence electrons. The van der Waals surface area contributed by atoms with Crippen LogP contribution in [0.1, 0.15) is 18.1 Å². The Labute approximate surface area is 103 Å². The van der Waals surface area contributed by atoms with Gasteiger partial charge in [-0.05, 0) is 49.1 Å². The molecule has 0 unspecified atom stereocenters. The van der Waals surface area contributed by atoms with Gasteiger partial charge in [0.2, 0.25) is 0 Å². The van der Waals surface area contributed by atoms with E-state index in [4.69, 9.17) is 0 Å². The van der Waals surface area contributed by atoms with Crippen molar-refractivity contribution in [2.75, 3.05) is 0 Å². The van der Waals surface area contributed by atoms with Crippen molar-refractivity contribution in [3.8, 4) is 11.1 Å². The molecule has 17 heavy (non-hydrogen) atoms.